The van der Waals surface area contributed by atoms with Crippen molar-refractivity contribution in [2.45, 2.75) is 6.92 Å². The quantitative estimate of drug-likeness (QED) is 0.198. The Morgan fingerprint density at radius 2 is 0.816 bits per heavy atom. The minimum absolute atomic E-state index is 0.110. The number of rotatable bonds is 9. The first-order chi connectivity index (χ1) is 17.9. The molecule has 0 unspecified atom stereocenters. The van der Waals surface area contributed by atoms with Crippen LogP contribution in [0.5, 0.6) is 34.5 Å². The summed E-state index contributed by atoms with van der Waals surface area (Å²) in [5.74, 6) is -4.08. The van der Waals surface area contributed by atoms with Gasteiger partial charge in [-0.2, -0.15) is 0 Å². The van der Waals surface area contributed by atoms with Gasteiger partial charge in [-0.15, -0.1) is 0 Å². The van der Waals surface area contributed by atoms with Crippen LogP contribution in [0.15, 0.2) is 54.6 Å². The molecule has 0 heterocycles. The fourth-order valence-electron chi connectivity index (χ4n) is 3.49. The molecule has 3 aromatic carbocycles. The van der Waals surface area contributed by atoms with Crippen molar-refractivity contribution in [2.24, 2.45) is 5.41 Å². The van der Waals surface area contributed by atoms with Gasteiger partial charge in [-0.3, -0.25) is 14.4 Å². The van der Waals surface area contributed by atoms with Gasteiger partial charge < -0.3 is 46.6 Å². The Kier molecular flexibility index (Phi) is 8.16. The predicted molar refractivity (Wildman–Crippen MR) is 134 cm³/mol. The maximum atomic E-state index is 12.7. The number of hydrogen-bond donors (Lipinski definition) is 9. The van der Waals surface area contributed by atoms with E-state index < -0.39 is 40.4 Å². The van der Waals surface area contributed by atoms with Crippen LogP contribution >= 0.6 is 0 Å². The van der Waals surface area contributed by atoms with Crippen LogP contribution in [0.1, 0.15) is 38.0 Å². The Labute approximate surface area is 216 Å². The smallest absolute Gasteiger partial charge is 0.255 e. The average molecular weight is 526 g/mol. The van der Waals surface area contributed by atoms with E-state index in [2.05, 4.69) is 16.0 Å². The number of phenols is 6. The third-order valence-corrected chi connectivity index (χ3v) is 5.70. The fourth-order valence-corrected chi connectivity index (χ4v) is 3.49. The molecule has 38 heavy (non-hydrogen) atoms. The van der Waals surface area contributed by atoms with E-state index >= 15 is 0 Å². The van der Waals surface area contributed by atoms with Crippen molar-refractivity contribution < 1.29 is 45.0 Å². The molecule has 12 nitrogen and oxygen atoms in total. The summed E-state index contributed by atoms with van der Waals surface area (Å²) >= 11 is 0. The van der Waals surface area contributed by atoms with Gasteiger partial charge in [0.05, 0.1) is 16.7 Å². The molecule has 0 aliphatic rings. The van der Waals surface area contributed by atoms with Gasteiger partial charge in [0.25, 0.3) is 17.7 Å². The van der Waals surface area contributed by atoms with Crippen LogP contribution in [0.25, 0.3) is 0 Å². The molecule has 0 fully saturated rings. The summed E-state index contributed by atoms with van der Waals surface area (Å²) in [6.07, 6.45) is 0. The lowest BCUT2D eigenvalue weighted by atomic mass is 9.89. The van der Waals surface area contributed by atoms with E-state index in [1.54, 1.807) is 6.92 Å². The summed E-state index contributed by atoms with van der Waals surface area (Å²) in [7, 11) is 0. The molecule has 0 radical (unpaired) electrons. The standard InChI is InChI=1S/C26H27N3O9/c1-26(11-27-23(36)17-5-2-14(30)8-20(17)33,12-28-24(37)18-6-3-15(31)9-21(18)34)13-29-25(38)19-7-4-16(32)10-22(19)35/h2-10,30-35H,11-13H2,1H3,(H,27,36)(H,28,37)(H,29,38). The van der Waals surface area contributed by atoms with Gasteiger partial charge in [-0.05, 0) is 36.4 Å². The van der Waals surface area contributed by atoms with Crippen molar-refractivity contribution in [2.75, 3.05) is 19.6 Å². The monoisotopic (exact) mass is 525 g/mol. The lowest BCUT2D eigenvalue weighted by Gasteiger charge is -2.30. The Hall–Kier alpha value is -5.13. The van der Waals surface area contributed by atoms with Crippen LogP contribution in [-0.4, -0.2) is 68.0 Å². The van der Waals surface area contributed by atoms with E-state index in [0.717, 1.165) is 18.2 Å². The van der Waals surface area contributed by atoms with Crippen LogP contribution in [0.4, 0.5) is 0 Å². The van der Waals surface area contributed by atoms with Gasteiger partial charge in [0.15, 0.2) is 0 Å². The Bertz CT molecular complexity index is 1210. The minimum Gasteiger partial charge on any atom is -0.508 e. The fraction of sp³-hybridized carbons (Fsp3) is 0.192. The second-order valence-corrected chi connectivity index (χ2v) is 8.96. The van der Waals surface area contributed by atoms with E-state index in [9.17, 15) is 45.0 Å². The van der Waals surface area contributed by atoms with Crippen LogP contribution in [0.2, 0.25) is 0 Å². The van der Waals surface area contributed by atoms with E-state index in [1.807, 2.05) is 0 Å². The molecular formula is C26H27N3O9. The second-order valence-electron chi connectivity index (χ2n) is 8.96. The highest BCUT2D eigenvalue weighted by atomic mass is 16.3. The first-order valence-corrected chi connectivity index (χ1v) is 11.3. The number of amides is 3. The SMILES string of the molecule is CC(CNC(=O)c1ccc(O)cc1O)(CNC(=O)c1ccc(O)cc1O)CNC(=O)c1ccc(O)cc1O. The van der Waals surface area contributed by atoms with Crippen LogP contribution in [0.3, 0.4) is 0 Å². The van der Waals surface area contributed by atoms with Crippen molar-refractivity contribution in [3.8, 4) is 34.5 Å². The molecule has 0 saturated heterocycles. The molecule has 0 atom stereocenters. The summed E-state index contributed by atoms with van der Waals surface area (Å²) in [5.41, 5.74) is -1.36. The van der Waals surface area contributed by atoms with E-state index in [-0.39, 0.29) is 53.6 Å². The summed E-state index contributed by atoms with van der Waals surface area (Å²) in [4.78, 5) is 38.0. The van der Waals surface area contributed by atoms with Crippen molar-refractivity contribution in [1.82, 2.24) is 16.0 Å². The zero-order valence-electron chi connectivity index (χ0n) is 20.2. The second kappa shape index (κ2) is 11.3. The zero-order chi connectivity index (χ0) is 28.0. The maximum Gasteiger partial charge on any atom is 0.255 e. The molecule has 0 aliphatic carbocycles. The molecule has 200 valence electrons. The molecule has 3 rings (SSSR count). The molecular weight excluding hydrogens is 498 g/mol. The van der Waals surface area contributed by atoms with Gasteiger partial charge in [0.2, 0.25) is 0 Å². The molecule has 12 heteroatoms. The topological polar surface area (TPSA) is 209 Å². The first-order valence-electron chi connectivity index (χ1n) is 11.3. The number of hydrogen-bond acceptors (Lipinski definition) is 9. The van der Waals surface area contributed by atoms with Crippen LogP contribution in [0, 0.1) is 5.41 Å². The summed E-state index contributed by atoms with van der Waals surface area (Å²) in [6.45, 7) is 1.29. The summed E-state index contributed by atoms with van der Waals surface area (Å²) in [5, 5.41) is 66.1. The van der Waals surface area contributed by atoms with Crippen LogP contribution < -0.4 is 16.0 Å². The lowest BCUT2D eigenvalue weighted by Crippen LogP contribution is -2.50. The summed E-state index contributed by atoms with van der Waals surface area (Å²) in [6, 6.07) is 10.4. The number of carbonyl (C=O) groups excluding carboxylic acids is 3. The first kappa shape index (κ1) is 27.5. The van der Waals surface area contributed by atoms with Crippen molar-refractivity contribution in [1.29, 1.82) is 0 Å². The molecule has 9 N–H and O–H groups in total. The molecule has 3 amide bonds. The number of carbonyl (C=O) groups is 3. The average Bonchev–Trinajstić information content (AvgIpc) is 2.84. The number of aromatic hydroxyl groups is 6. The van der Waals surface area contributed by atoms with Gasteiger partial charge >= 0.3 is 0 Å². The highest BCUT2D eigenvalue weighted by molar-refractivity contribution is 5.98. The van der Waals surface area contributed by atoms with Crippen molar-refractivity contribution >= 4 is 17.7 Å². The minimum atomic E-state index is -1.04. The van der Waals surface area contributed by atoms with Gasteiger partial charge in [-0.1, -0.05) is 6.92 Å². The van der Waals surface area contributed by atoms with E-state index in [0.29, 0.717) is 0 Å². The van der Waals surface area contributed by atoms with E-state index in [1.165, 1.54) is 36.4 Å². The normalized spacial score (nSPS) is 11.0. The van der Waals surface area contributed by atoms with Gasteiger partial charge in [0.1, 0.15) is 34.5 Å². The number of phenolic OH excluding ortho intramolecular Hbond substituents is 6. The molecule has 0 bridgehead atoms. The van der Waals surface area contributed by atoms with Crippen LogP contribution in [-0.2, 0) is 0 Å². The zero-order valence-corrected chi connectivity index (χ0v) is 20.2. The summed E-state index contributed by atoms with van der Waals surface area (Å²) < 4.78 is 0. The molecule has 0 aromatic heterocycles. The molecule has 0 spiro atoms. The predicted octanol–water partition coefficient (Wildman–Crippen LogP) is 1.52. The molecule has 0 saturated carbocycles. The van der Waals surface area contributed by atoms with Crippen molar-refractivity contribution in [3.63, 3.8) is 0 Å². The molecule has 0 aliphatic heterocycles. The highest BCUT2D eigenvalue weighted by Crippen LogP contribution is 2.25. The number of nitrogens with one attached hydrogen (secondary N) is 3. The van der Waals surface area contributed by atoms with Gasteiger partial charge in [-0.25, -0.2) is 0 Å². The Morgan fingerprint density at radius 3 is 1.05 bits per heavy atom. The lowest BCUT2D eigenvalue weighted by molar-refractivity contribution is 0.0894. The van der Waals surface area contributed by atoms with Gasteiger partial charge in [0, 0.05) is 43.2 Å². The Morgan fingerprint density at radius 1 is 0.553 bits per heavy atom. The molecule has 3 aromatic rings. The Balaban J connectivity index is 1.76. The largest absolute Gasteiger partial charge is 0.508 e. The number of benzene rings is 3. The third-order valence-electron chi connectivity index (χ3n) is 5.70. The maximum absolute atomic E-state index is 12.7. The third kappa shape index (κ3) is 6.75. The highest BCUT2D eigenvalue weighted by Gasteiger charge is 2.29. The van der Waals surface area contributed by atoms with Crippen molar-refractivity contribution in [3.05, 3.63) is 71.3 Å². The van der Waals surface area contributed by atoms with E-state index in [4.69, 9.17) is 0 Å².